The SMILES string of the molecule is CC(NC(=O)CCc1nc(-c2ccccc2)no1)c1cccc(F)c1. The number of carbonyl (C=O) groups is 1. The molecule has 0 saturated heterocycles. The predicted octanol–water partition coefficient (Wildman–Crippen LogP) is 3.69. The molecule has 1 atom stereocenters. The fraction of sp³-hybridized carbons (Fsp3) is 0.211. The third kappa shape index (κ3) is 4.50. The van der Waals surface area contributed by atoms with Crippen LogP contribution in [-0.2, 0) is 11.2 Å². The monoisotopic (exact) mass is 339 g/mol. The molecule has 0 aliphatic carbocycles. The topological polar surface area (TPSA) is 68.0 Å². The molecule has 0 fully saturated rings. The molecule has 3 aromatic rings. The van der Waals surface area contributed by atoms with Crippen molar-refractivity contribution < 1.29 is 13.7 Å². The summed E-state index contributed by atoms with van der Waals surface area (Å²) in [6.45, 7) is 1.81. The first-order chi connectivity index (χ1) is 12.1. The maximum Gasteiger partial charge on any atom is 0.227 e. The minimum absolute atomic E-state index is 0.156. The zero-order chi connectivity index (χ0) is 17.6. The Morgan fingerprint density at radius 1 is 1.20 bits per heavy atom. The fourth-order valence-electron chi connectivity index (χ4n) is 2.45. The van der Waals surface area contributed by atoms with E-state index in [-0.39, 0.29) is 24.2 Å². The Morgan fingerprint density at radius 3 is 2.76 bits per heavy atom. The summed E-state index contributed by atoms with van der Waals surface area (Å²) in [6.07, 6.45) is 0.567. The van der Waals surface area contributed by atoms with Crippen LogP contribution in [0.1, 0.15) is 30.8 Å². The van der Waals surface area contributed by atoms with E-state index < -0.39 is 0 Å². The molecule has 0 spiro atoms. The first-order valence-electron chi connectivity index (χ1n) is 8.04. The van der Waals surface area contributed by atoms with Crippen molar-refractivity contribution in [3.63, 3.8) is 0 Å². The molecule has 1 N–H and O–H groups in total. The lowest BCUT2D eigenvalue weighted by Crippen LogP contribution is -2.26. The summed E-state index contributed by atoms with van der Waals surface area (Å²) in [5.74, 6) is 0.436. The molecule has 2 aromatic carbocycles. The molecular formula is C19H18FN3O2. The van der Waals surface area contributed by atoms with Gasteiger partial charge in [0.25, 0.3) is 0 Å². The van der Waals surface area contributed by atoms with Crippen LogP contribution in [0, 0.1) is 5.82 Å². The molecule has 0 saturated carbocycles. The van der Waals surface area contributed by atoms with Gasteiger partial charge in [-0.15, -0.1) is 0 Å². The van der Waals surface area contributed by atoms with E-state index in [0.717, 1.165) is 11.1 Å². The highest BCUT2D eigenvalue weighted by molar-refractivity contribution is 5.76. The van der Waals surface area contributed by atoms with Crippen molar-refractivity contribution in [2.24, 2.45) is 0 Å². The Morgan fingerprint density at radius 2 is 2.00 bits per heavy atom. The number of aryl methyl sites for hydroxylation is 1. The summed E-state index contributed by atoms with van der Waals surface area (Å²) in [7, 11) is 0. The number of hydrogen-bond donors (Lipinski definition) is 1. The summed E-state index contributed by atoms with van der Waals surface area (Å²) in [6, 6.07) is 15.4. The number of nitrogens with zero attached hydrogens (tertiary/aromatic N) is 2. The van der Waals surface area contributed by atoms with Gasteiger partial charge in [0.05, 0.1) is 6.04 Å². The average molecular weight is 339 g/mol. The standard InChI is InChI=1S/C19H18FN3O2/c1-13(15-8-5-9-16(20)12-15)21-17(24)10-11-18-22-19(23-25-18)14-6-3-2-4-7-14/h2-9,12-13H,10-11H2,1H3,(H,21,24). The molecule has 0 aliphatic rings. The molecule has 25 heavy (non-hydrogen) atoms. The first kappa shape index (κ1) is 16.8. The number of amides is 1. The molecule has 1 unspecified atom stereocenters. The van der Waals surface area contributed by atoms with Crippen LogP contribution in [0.3, 0.4) is 0 Å². The smallest absolute Gasteiger partial charge is 0.227 e. The minimum Gasteiger partial charge on any atom is -0.350 e. The average Bonchev–Trinajstić information content (AvgIpc) is 3.10. The van der Waals surface area contributed by atoms with Crippen molar-refractivity contribution in [3.05, 3.63) is 71.9 Å². The lowest BCUT2D eigenvalue weighted by molar-refractivity contribution is -0.121. The second-order valence-electron chi connectivity index (χ2n) is 5.72. The Balaban J connectivity index is 1.53. The van der Waals surface area contributed by atoms with E-state index >= 15 is 0 Å². The van der Waals surface area contributed by atoms with Crippen LogP contribution < -0.4 is 5.32 Å². The lowest BCUT2D eigenvalue weighted by atomic mass is 10.1. The molecular weight excluding hydrogens is 321 g/mol. The molecule has 1 heterocycles. The van der Waals surface area contributed by atoms with Gasteiger partial charge in [-0.2, -0.15) is 4.98 Å². The highest BCUT2D eigenvalue weighted by Gasteiger charge is 2.13. The summed E-state index contributed by atoms with van der Waals surface area (Å²) in [5.41, 5.74) is 1.58. The number of benzene rings is 2. The third-order valence-electron chi connectivity index (χ3n) is 3.79. The summed E-state index contributed by atoms with van der Waals surface area (Å²) in [4.78, 5) is 16.4. The fourth-order valence-corrected chi connectivity index (χ4v) is 2.45. The van der Waals surface area contributed by atoms with Crippen LogP contribution >= 0.6 is 0 Å². The zero-order valence-electron chi connectivity index (χ0n) is 13.8. The molecule has 6 heteroatoms. The van der Waals surface area contributed by atoms with Gasteiger partial charge in [0.1, 0.15) is 5.82 Å². The lowest BCUT2D eigenvalue weighted by Gasteiger charge is -2.14. The van der Waals surface area contributed by atoms with E-state index in [1.807, 2.05) is 37.3 Å². The summed E-state index contributed by atoms with van der Waals surface area (Å²) in [5, 5.41) is 6.76. The van der Waals surface area contributed by atoms with E-state index in [1.54, 1.807) is 12.1 Å². The Bertz CT molecular complexity index is 849. The van der Waals surface area contributed by atoms with E-state index in [1.165, 1.54) is 12.1 Å². The molecule has 1 aromatic heterocycles. The molecule has 0 aliphatic heterocycles. The number of aromatic nitrogens is 2. The first-order valence-corrected chi connectivity index (χ1v) is 8.04. The number of nitrogens with one attached hydrogen (secondary N) is 1. The van der Waals surface area contributed by atoms with Gasteiger partial charge in [0.2, 0.25) is 17.6 Å². The molecule has 0 radical (unpaired) electrons. The van der Waals surface area contributed by atoms with Gasteiger partial charge >= 0.3 is 0 Å². The van der Waals surface area contributed by atoms with E-state index in [9.17, 15) is 9.18 Å². The van der Waals surface area contributed by atoms with Gasteiger partial charge < -0.3 is 9.84 Å². The van der Waals surface area contributed by atoms with Gasteiger partial charge in [-0.05, 0) is 24.6 Å². The second-order valence-corrected chi connectivity index (χ2v) is 5.72. The van der Waals surface area contributed by atoms with Crippen molar-refractivity contribution in [1.29, 1.82) is 0 Å². The van der Waals surface area contributed by atoms with E-state index in [4.69, 9.17) is 4.52 Å². The number of rotatable bonds is 6. The van der Waals surface area contributed by atoms with Crippen LogP contribution in [0.15, 0.2) is 59.1 Å². The number of carbonyl (C=O) groups excluding carboxylic acids is 1. The van der Waals surface area contributed by atoms with Gasteiger partial charge in [0, 0.05) is 18.4 Å². The summed E-state index contributed by atoms with van der Waals surface area (Å²) < 4.78 is 18.4. The van der Waals surface area contributed by atoms with Crippen molar-refractivity contribution in [2.45, 2.75) is 25.8 Å². The van der Waals surface area contributed by atoms with Gasteiger partial charge in [-0.1, -0.05) is 47.6 Å². The molecule has 5 nitrogen and oxygen atoms in total. The Kier molecular flexibility index (Phi) is 5.18. The second kappa shape index (κ2) is 7.70. The normalized spacial score (nSPS) is 11.9. The highest BCUT2D eigenvalue weighted by Crippen LogP contribution is 2.16. The van der Waals surface area contributed by atoms with Crippen molar-refractivity contribution in [1.82, 2.24) is 15.5 Å². The maximum atomic E-state index is 13.2. The number of halogens is 1. The van der Waals surface area contributed by atoms with Crippen LogP contribution in [0.5, 0.6) is 0 Å². The maximum absolute atomic E-state index is 13.2. The van der Waals surface area contributed by atoms with Crippen LogP contribution in [-0.4, -0.2) is 16.0 Å². The van der Waals surface area contributed by atoms with Crippen molar-refractivity contribution >= 4 is 5.91 Å². The Labute approximate surface area is 144 Å². The van der Waals surface area contributed by atoms with E-state index in [0.29, 0.717) is 18.1 Å². The molecule has 3 rings (SSSR count). The van der Waals surface area contributed by atoms with Gasteiger partial charge in [0.15, 0.2) is 0 Å². The Hall–Kier alpha value is -3.02. The van der Waals surface area contributed by atoms with Crippen molar-refractivity contribution in [2.75, 3.05) is 0 Å². The van der Waals surface area contributed by atoms with Crippen LogP contribution in [0.4, 0.5) is 4.39 Å². The third-order valence-corrected chi connectivity index (χ3v) is 3.79. The minimum atomic E-state index is -0.321. The van der Waals surface area contributed by atoms with Gasteiger partial charge in [-0.3, -0.25) is 4.79 Å². The highest BCUT2D eigenvalue weighted by atomic mass is 19.1. The largest absolute Gasteiger partial charge is 0.350 e. The number of hydrogen-bond acceptors (Lipinski definition) is 4. The molecule has 128 valence electrons. The van der Waals surface area contributed by atoms with Crippen LogP contribution in [0.25, 0.3) is 11.4 Å². The van der Waals surface area contributed by atoms with E-state index in [2.05, 4.69) is 15.5 Å². The predicted molar refractivity (Wildman–Crippen MR) is 91.0 cm³/mol. The summed E-state index contributed by atoms with van der Waals surface area (Å²) >= 11 is 0. The van der Waals surface area contributed by atoms with Gasteiger partial charge in [-0.25, -0.2) is 4.39 Å². The van der Waals surface area contributed by atoms with Crippen LogP contribution in [0.2, 0.25) is 0 Å². The molecule has 0 bridgehead atoms. The van der Waals surface area contributed by atoms with Crippen molar-refractivity contribution in [3.8, 4) is 11.4 Å². The molecule has 1 amide bonds. The zero-order valence-corrected chi connectivity index (χ0v) is 13.8. The quantitative estimate of drug-likeness (QED) is 0.744.